The Balaban J connectivity index is 0.000000440. The summed E-state index contributed by atoms with van der Waals surface area (Å²) in [5, 5.41) is 22.1. The smallest absolute Gasteiger partial charge is 0.328 e. The van der Waals surface area contributed by atoms with Gasteiger partial charge in [0.1, 0.15) is 0 Å². The largest absolute Gasteiger partial charge is 0.478 e. The zero-order valence-corrected chi connectivity index (χ0v) is 18.4. The Bertz CT molecular complexity index is 1020. The van der Waals surface area contributed by atoms with Crippen LogP contribution in [0.3, 0.4) is 0 Å². The fourth-order valence-corrected chi connectivity index (χ4v) is 3.20. The van der Waals surface area contributed by atoms with E-state index in [4.69, 9.17) is 21.7 Å². The summed E-state index contributed by atoms with van der Waals surface area (Å²) in [4.78, 5) is 49.3. The van der Waals surface area contributed by atoms with E-state index >= 15 is 0 Å². The first-order chi connectivity index (χ1) is 16.3. The molecule has 0 unspecified atom stereocenters. The van der Waals surface area contributed by atoms with Crippen LogP contribution in [0.4, 0.5) is 11.4 Å². The summed E-state index contributed by atoms with van der Waals surface area (Å²) in [6.07, 6.45) is 5.64. The number of aliphatic carboxylic acids is 2. The molecule has 1 aromatic heterocycles. The third-order valence-electron chi connectivity index (χ3n) is 4.73. The Hall–Kier alpha value is -4.09. The lowest BCUT2D eigenvalue weighted by atomic mass is 9.83. The molecule has 0 spiro atoms. The number of aromatic nitrogens is 1. The van der Waals surface area contributed by atoms with Crippen molar-refractivity contribution in [2.24, 2.45) is 11.5 Å². The van der Waals surface area contributed by atoms with Crippen LogP contribution in [-0.2, 0) is 9.59 Å². The number of fused-ring (bicyclic) bond motifs is 2. The van der Waals surface area contributed by atoms with E-state index < -0.39 is 11.9 Å². The Kier molecular flexibility index (Phi) is 9.87. The van der Waals surface area contributed by atoms with Crippen molar-refractivity contribution in [2.75, 3.05) is 36.8 Å². The molecule has 34 heavy (non-hydrogen) atoms. The highest BCUT2D eigenvalue weighted by Gasteiger charge is 2.34. The minimum atomic E-state index is -1.26. The molecule has 0 atom stereocenters. The van der Waals surface area contributed by atoms with Crippen molar-refractivity contribution in [1.82, 2.24) is 4.98 Å². The van der Waals surface area contributed by atoms with Crippen LogP contribution < -0.4 is 22.1 Å². The van der Waals surface area contributed by atoms with Gasteiger partial charge in [-0.15, -0.1) is 0 Å². The zero-order chi connectivity index (χ0) is 25.1. The summed E-state index contributed by atoms with van der Waals surface area (Å²) in [6.45, 7) is 2.36. The van der Waals surface area contributed by atoms with Gasteiger partial charge in [-0.1, -0.05) is 0 Å². The molecule has 3 rings (SSSR count). The number of carboxylic acids is 2. The van der Waals surface area contributed by atoms with Crippen molar-refractivity contribution in [3.05, 3.63) is 65.0 Å². The van der Waals surface area contributed by atoms with Crippen molar-refractivity contribution in [2.45, 2.75) is 12.8 Å². The van der Waals surface area contributed by atoms with Gasteiger partial charge >= 0.3 is 11.9 Å². The number of rotatable bonds is 10. The maximum atomic E-state index is 13.1. The standard InChI is InChI=1S/C19H23N5O2.C4H4O4/c20-6-1-8-23-14-3-4-15(24-9-2-7-21)17-16(14)18(25)12-5-10-22-11-13(12)19(17)26;5-3(6)1-2-4(7)8/h3-5,10-11,23-24H,1-2,6-9,20-21H2;1-2H,(H,5,6)(H,7,8)/b;2-1-. The molecular formula is C23H27N5O6. The van der Waals surface area contributed by atoms with Gasteiger partial charge in [0.05, 0.1) is 16.7 Å². The van der Waals surface area contributed by atoms with Gasteiger partial charge in [0.15, 0.2) is 11.6 Å². The summed E-state index contributed by atoms with van der Waals surface area (Å²) >= 11 is 0. The number of nitrogens with one attached hydrogen (secondary N) is 2. The fraction of sp³-hybridized carbons (Fsp3) is 0.261. The second-order valence-corrected chi connectivity index (χ2v) is 7.14. The Morgan fingerprint density at radius 1 is 0.824 bits per heavy atom. The number of anilines is 2. The van der Waals surface area contributed by atoms with Crippen LogP contribution in [0.1, 0.15) is 44.7 Å². The van der Waals surface area contributed by atoms with Crippen LogP contribution in [0.15, 0.2) is 42.7 Å². The van der Waals surface area contributed by atoms with Crippen LogP contribution in [0.5, 0.6) is 0 Å². The Morgan fingerprint density at radius 3 is 1.74 bits per heavy atom. The lowest BCUT2D eigenvalue weighted by Crippen LogP contribution is -2.25. The molecule has 1 aliphatic rings. The molecule has 0 radical (unpaired) electrons. The van der Waals surface area contributed by atoms with Gasteiger partial charge in [-0.2, -0.15) is 0 Å². The highest BCUT2D eigenvalue weighted by molar-refractivity contribution is 6.31. The average molecular weight is 469 g/mol. The first-order valence-electron chi connectivity index (χ1n) is 10.5. The van der Waals surface area contributed by atoms with Gasteiger partial charge in [0.2, 0.25) is 0 Å². The van der Waals surface area contributed by atoms with E-state index in [2.05, 4.69) is 15.6 Å². The number of pyridine rings is 1. The summed E-state index contributed by atoms with van der Waals surface area (Å²) < 4.78 is 0. The van der Waals surface area contributed by atoms with E-state index in [1.807, 2.05) is 12.1 Å². The molecular weight excluding hydrogens is 442 g/mol. The zero-order valence-electron chi connectivity index (χ0n) is 18.4. The maximum Gasteiger partial charge on any atom is 0.328 e. The Morgan fingerprint density at radius 2 is 1.29 bits per heavy atom. The SMILES string of the molecule is NCCCNc1ccc(NCCCN)c2c1C(=O)c1ccncc1C2=O.O=C(O)/C=C\C(=O)O. The van der Waals surface area contributed by atoms with Crippen molar-refractivity contribution in [1.29, 1.82) is 0 Å². The van der Waals surface area contributed by atoms with Crippen molar-refractivity contribution in [3.63, 3.8) is 0 Å². The topological polar surface area (TPSA) is 198 Å². The first kappa shape index (κ1) is 26.2. The molecule has 1 aromatic carbocycles. The molecule has 0 saturated heterocycles. The van der Waals surface area contributed by atoms with Crippen LogP contribution in [0.2, 0.25) is 0 Å². The first-order valence-corrected chi connectivity index (χ1v) is 10.5. The number of nitrogens with two attached hydrogens (primary N) is 2. The van der Waals surface area contributed by atoms with Crippen molar-refractivity contribution in [3.8, 4) is 0 Å². The molecule has 0 saturated carbocycles. The third-order valence-corrected chi connectivity index (χ3v) is 4.73. The molecule has 11 nitrogen and oxygen atoms in total. The van der Waals surface area contributed by atoms with Gasteiger partial charge in [0, 0.05) is 54.6 Å². The van der Waals surface area contributed by atoms with E-state index in [-0.39, 0.29) is 11.6 Å². The molecule has 2 aromatic rings. The molecule has 8 N–H and O–H groups in total. The number of benzene rings is 1. The number of carbonyl (C=O) groups is 4. The summed E-state index contributed by atoms with van der Waals surface area (Å²) in [5.74, 6) is -2.88. The second-order valence-electron chi connectivity index (χ2n) is 7.14. The predicted octanol–water partition coefficient (Wildman–Crippen LogP) is 1.09. The lowest BCUT2D eigenvalue weighted by Gasteiger charge is -2.23. The van der Waals surface area contributed by atoms with Gasteiger partial charge < -0.3 is 32.3 Å². The molecule has 0 amide bonds. The van der Waals surface area contributed by atoms with E-state index in [9.17, 15) is 19.2 Å². The predicted molar refractivity (Wildman–Crippen MR) is 126 cm³/mol. The molecule has 180 valence electrons. The van der Waals surface area contributed by atoms with Gasteiger partial charge in [-0.25, -0.2) is 9.59 Å². The van der Waals surface area contributed by atoms with Gasteiger partial charge in [-0.3, -0.25) is 14.6 Å². The molecule has 1 aliphatic carbocycles. The normalized spacial score (nSPS) is 11.8. The van der Waals surface area contributed by atoms with Crippen LogP contribution in [0.25, 0.3) is 0 Å². The van der Waals surface area contributed by atoms with Crippen molar-refractivity contribution < 1.29 is 29.4 Å². The average Bonchev–Trinajstić information content (AvgIpc) is 2.82. The number of nitrogens with zero attached hydrogens (tertiary/aromatic N) is 1. The number of hydrogen-bond donors (Lipinski definition) is 6. The second kappa shape index (κ2) is 12.8. The minimum Gasteiger partial charge on any atom is -0.478 e. The van der Waals surface area contributed by atoms with Crippen LogP contribution in [0, 0.1) is 0 Å². The quantitative estimate of drug-likeness (QED) is 0.183. The highest BCUT2D eigenvalue weighted by Crippen LogP contribution is 2.36. The van der Waals surface area contributed by atoms with Crippen molar-refractivity contribution >= 4 is 34.9 Å². The Labute approximate surface area is 195 Å². The van der Waals surface area contributed by atoms with E-state index in [1.165, 1.54) is 12.4 Å². The molecule has 11 heteroatoms. The van der Waals surface area contributed by atoms with E-state index in [0.29, 0.717) is 72.0 Å². The molecule has 1 heterocycles. The fourth-order valence-electron chi connectivity index (χ4n) is 3.20. The van der Waals surface area contributed by atoms with E-state index in [0.717, 1.165) is 12.8 Å². The number of carbonyl (C=O) groups excluding carboxylic acids is 2. The van der Waals surface area contributed by atoms with Gasteiger partial charge in [0.25, 0.3) is 0 Å². The third kappa shape index (κ3) is 6.70. The number of ketones is 2. The lowest BCUT2D eigenvalue weighted by molar-refractivity contribution is -0.134. The number of carboxylic acid groups (broad SMARTS) is 2. The monoisotopic (exact) mass is 469 g/mol. The van der Waals surface area contributed by atoms with Crippen LogP contribution in [-0.4, -0.2) is 64.9 Å². The summed E-state index contributed by atoms with van der Waals surface area (Å²) in [6, 6.07) is 5.25. The summed E-state index contributed by atoms with van der Waals surface area (Å²) in [7, 11) is 0. The van der Waals surface area contributed by atoms with Gasteiger partial charge in [-0.05, 0) is 44.1 Å². The van der Waals surface area contributed by atoms with Crippen LogP contribution >= 0.6 is 0 Å². The molecule has 0 bridgehead atoms. The minimum absolute atomic E-state index is 0.172. The maximum absolute atomic E-state index is 13.1. The summed E-state index contributed by atoms with van der Waals surface area (Å²) in [5.41, 5.74) is 13.9. The van der Waals surface area contributed by atoms with E-state index in [1.54, 1.807) is 6.07 Å². The molecule has 0 fully saturated rings. The number of hydrogen-bond acceptors (Lipinski definition) is 9. The highest BCUT2D eigenvalue weighted by atomic mass is 16.4. The molecule has 0 aliphatic heterocycles.